The normalized spacial score (nSPS) is 11.6. The number of aromatic nitrogens is 1. The van der Waals surface area contributed by atoms with Gasteiger partial charge in [0.1, 0.15) is 5.01 Å². The van der Waals surface area contributed by atoms with Crippen LogP contribution in [0.15, 0.2) is 22.9 Å². The van der Waals surface area contributed by atoms with Gasteiger partial charge in [0.2, 0.25) is 0 Å². The van der Waals surface area contributed by atoms with Crippen molar-refractivity contribution in [2.45, 2.75) is 19.4 Å². The summed E-state index contributed by atoms with van der Waals surface area (Å²) in [7, 11) is 1.38. The second-order valence-corrected chi connectivity index (χ2v) is 6.30. The first-order valence-electron chi connectivity index (χ1n) is 6.70. The van der Waals surface area contributed by atoms with Crippen molar-refractivity contribution in [1.82, 2.24) is 15.6 Å². The molecule has 0 unspecified atom stereocenters. The van der Waals surface area contributed by atoms with Crippen LogP contribution in [0.25, 0.3) is 9.88 Å². The highest BCUT2D eigenvalue weighted by molar-refractivity contribution is 7.20. The number of thiophene rings is 1. The molecule has 9 heteroatoms. The van der Waals surface area contributed by atoms with Crippen molar-refractivity contribution in [2.24, 2.45) is 0 Å². The van der Waals surface area contributed by atoms with Gasteiger partial charge in [0, 0.05) is 12.4 Å². The maximum absolute atomic E-state index is 11.8. The molecule has 0 radical (unpaired) electrons. The molecule has 0 spiro atoms. The van der Waals surface area contributed by atoms with E-state index >= 15 is 0 Å². The van der Waals surface area contributed by atoms with Crippen LogP contribution < -0.4 is 10.6 Å². The number of hydrogen-bond acceptors (Lipinski definition) is 7. The molecule has 7 nitrogen and oxygen atoms in total. The number of thiazole rings is 1. The number of imide groups is 1. The number of carbonyl (C=O) groups is 3. The third-order valence-corrected chi connectivity index (χ3v) is 4.68. The van der Waals surface area contributed by atoms with Crippen molar-refractivity contribution in [3.8, 4) is 9.88 Å². The average molecular weight is 353 g/mol. The molecular formula is C14H15N3O4S2. The van der Waals surface area contributed by atoms with Crippen LogP contribution >= 0.6 is 22.7 Å². The van der Waals surface area contributed by atoms with Gasteiger partial charge in [0.15, 0.2) is 6.10 Å². The Labute approximate surface area is 140 Å². The minimum absolute atomic E-state index is 0.0283. The Morgan fingerprint density at radius 2 is 2.13 bits per heavy atom. The fourth-order valence-electron chi connectivity index (χ4n) is 1.62. The Morgan fingerprint density at radius 3 is 2.78 bits per heavy atom. The molecule has 2 heterocycles. The van der Waals surface area contributed by atoms with Crippen LogP contribution in [0.5, 0.6) is 0 Å². The molecule has 0 saturated heterocycles. The lowest BCUT2D eigenvalue weighted by atomic mass is 10.3. The zero-order chi connectivity index (χ0) is 16.8. The summed E-state index contributed by atoms with van der Waals surface area (Å²) < 4.78 is 5.00. The molecule has 23 heavy (non-hydrogen) atoms. The SMILES string of the molecule is CNC(=O)NC(=O)[C@@H](C)OC(=O)Cc1csc(-c2cccs2)n1. The van der Waals surface area contributed by atoms with Crippen LogP contribution in [-0.2, 0) is 20.7 Å². The number of hydrogen-bond donors (Lipinski definition) is 2. The number of nitrogens with zero attached hydrogens (tertiary/aromatic N) is 1. The topological polar surface area (TPSA) is 97.4 Å². The van der Waals surface area contributed by atoms with Gasteiger partial charge in [0.25, 0.3) is 5.91 Å². The molecule has 0 aromatic carbocycles. The lowest BCUT2D eigenvalue weighted by Gasteiger charge is -2.12. The summed E-state index contributed by atoms with van der Waals surface area (Å²) in [5.41, 5.74) is 0.585. The van der Waals surface area contributed by atoms with Crippen LogP contribution in [0, 0.1) is 0 Å². The fraction of sp³-hybridized carbons (Fsp3) is 0.286. The van der Waals surface area contributed by atoms with E-state index in [4.69, 9.17) is 4.74 Å². The first-order valence-corrected chi connectivity index (χ1v) is 8.46. The quantitative estimate of drug-likeness (QED) is 0.799. The molecule has 0 aliphatic rings. The van der Waals surface area contributed by atoms with Crippen molar-refractivity contribution in [3.05, 3.63) is 28.6 Å². The van der Waals surface area contributed by atoms with E-state index in [2.05, 4.69) is 10.3 Å². The Kier molecular flexibility index (Phi) is 5.83. The third kappa shape index (κ3) is 4.86. The minimum atomic E-state index is -1.06. The van der Waals surface area contributed by atoms with E-state index in [1.54, 1.807) is 16.7 Å². The van der Waals surface area contributed by atoms with Crippen LogP contribution in [0.4, 0.5) is 4.79 Å². The first kappa shape index (κ1) is 17.1. The molecular weight excluding hydrogens is 338 g/mol. The first-order chi connectivity index (χ1) is 11.0. The van der Waals surface area contributed by atoms with Crippen LogP contribution in [0.3, 0.4) is 0 Å². The lowest BCUT2D eigenvalue weighted by molar-refractivity contribution is -0.153. The van der Waals surface area contributed by atoms with E-state index in [-0.39, 0.29) is 6.42 Å². The number of rotatable bonds is 5. The molecule has 0 fully saturated rings. The number of esters is 1. The van der Waals surface area contributed by atoms with Crippen LogP contribution in [0.2, 0.25) is 0 Å². The summed E-state index contributed by atoms with van der Waals surface area (Å²) in [5.74, 6) is -1.26. The van der Waals surface area contributed by atoms with Crippen molar-refractivity contribution in [2.75, 3.05) is 7.05 Å². The Bertz CT molecular complexity index is 697. The van der Waals surface area contributed by atoms with Gasteiger partial charge in [-0.05, 0) is 18.4 Å². The maximum Gasteiger partial charge on any atom is 0.321 e. The zero-order valence-electron chi connectivity index (χ0n) is 12.5. The van der Waals surface area contributed by atoms with Gasteiger partial charge in [-0.2, -0.15) is 0 Å². The minimum Gasteiger partial charge on any atom is -0.452 e. The smallest absolute Gasteiger partial charge is 0.321 e. The van der Waals surface area contributed by atoms with E-state index in [1.807, 2.05) is 22.8 Å². The van der Waals surface area contributed by atoms with Gasteiger partial charge in [-0.15, -0.1) is 22.7 Å². The Morgan fingerprint density at radius 1 is 1.35 bits per heavy atom. The molecule has 0 saturated carbocycles. The van der Waals surface area contributed by atoms with Crippen molar-refractivity contribution >= 4 is 40.6 Å². The predicted octanol–water partition coefficient (Wildman–Crippen LogP) is 1.80. The maximum atomic E-state index is 11.8. The monoisotopic (exact) mass is 353 g/mol. The standard InChI is InChI=1S/C14H15N3O4S2/c1-8(12(19)17-14(20)15-2)21-11(18)6-9-7-23-13(16-9)10-4-3-5-22-10/h3-5,7-8H,6H2,1-2H3,(H2,15,17,19,20)/t8-/m1/s1. The van der Waals surface area contributed by atoms with Crippen LogP contribution in [-0.4, -0.2) is 36.0 Å². The molecule has 2 aromatic rings. The lowest BCUT2D eigenvalue weighted by Crippen LogP contribution is -2.43. The number of amides is 3. The Hall–Kier alpha value is -2.26. The molecule has 2 N–H and O–H groups in total. The summed E-state index contributed by atoms with van der Waals surface area (Å²) in [6, 6.07) is 3.23. The zero-order valence-corrected chi connectivity index (χ0v) is 14.1. The fourth-order valence-corrected chi connectivity index (χ4v) is 3.25. The van der Waals surface area contributed by atoms with E-state index in [1.165, 1.54) is 25.3 Å². The van der Waals surface area contributed by atoms with Gasteiger partial charge in [-0.25, -0.2) is 9.78 Å². The second-order valence-electron chi connectivity index (χ2n) is 4.50. The number of urea groups is 1. The largest absolute Gasteiger partial charge is 0.452 e. The molecule has 1 atom stereocenters. The molecule has 2 rings (SSSR count). The number of carbonyl (C=O) groups excluding carboxylic acids is 3. The van der Waals surface area contributed by atoms with E-state index < -0.39 is 24.0 Å². The van der Waals surface area contributed by atoms with Gasteiger partial charge in [-0.3, -0.25) is 14.9 Å². The average Bonchev–Trinajstić information content (AvgIpc) is 3.17. The summed E-state index contributed by atoms with van der Waals surface area (Å²) in [5, 5.41) is 8.86. The van der Waals surface area contributed by atoms with E-state index in [9.17, 15) is 14.4 Å². The van der Waals surface area contributed by atoms with Gasteiger partial charge >= 0.3 is 12.0 Å². The Balaban J connectivity index is 1.87. The molecule has 2 aromatic heterocycles. The highest BCUT2D eigenvalue weighted by atomic mass is 32.1. The molecule has 0 aliphatic heterocycles. The van der Waals surface area contributed by atoms with Gasteiger partial charge in [0.05, 0.1) is 17.0 Å². The molecule has 0 aliphatic carbocycles. The van der Waals surface area contributed by atoms with Crippen molar-refractivity contribution in [3.63, 3.8) is 0 Å². The third-order valence-electron chi connectivity index (χ3n) is 2.75. The van der Waals surface area contributed by atoms with E-state index in [0.29, 0.717) is 5.69 Å². The summed E-state index contributed by atoms with van der Waals surface area (Å²) in [6.45, 7) is 1.40. The summed E-state index contributed by atoms with van der Waals surface area (Å²) in [4.78, 5) is 39.9. The molecule has 122 valence electrons. The summed E-state index contributed by atoms with van der Waals surface area (Å²) >= 11 is 3.02. The number of ether oxygens (including phenoxy) is 1. The van der Waals surface area contributed by atoms with E-state index in [0.717, 1.165) is 9.88 Å². The highest BCUT2D eigenvalue weighted by Crippen LogP contribution is 2.27. The predicted molar refractivity (Wildman–Crippen MR) is 87.3 cm³/mol. The van der Waals surface area contributed by atoms with Gasteiger partial charge < -0.3 is 10.1 Å². The highest BCUT2D eigenvalue weighted by Gasteiger charge is 2.20. The molecule has 3 amide bonds. The summed E-state index contributed by atoms with van der Waals surface area (Å²) in [6.07, 6.45) is -1.09. The van der Waals surface area contributed by atoms with Crippen molar-refractivity contribution < 1.29 is 19.1 Å². The van der Waals surface area contributed by atoms with Crippen molar-refractivity contribution in [1.29, 1.82) is 0 Å². The number of nitrogens with one attached hydrogen (secondary N) is 2. The second kappa shape index (κ2) is 7.84. The van der Waals surface area contributed by atoms with Crippen LogP contribution in [0.1, 0.15) is 12.6 Å². The van der Waals surface area contributed by atoms with Gasteiger partial charge in [-0.1, -0.05) is 6.07 Å². The molecule has 0 bridgehead atoms.